The third-order valence-corrected chi connectivity index (χ3v) is 5.37. The first-order valence-electron chi connectivity index (χ1n) is 8.19. The minimum absolute atomic E-state index is 0. The van der Waals surface area contributed by atoms with Gasteiger partial charge in [-0.05, 0) is 55.4 Å². The SMILES string of the molecule is CC[N+](CC)(CC)CC.CC[N+](CC)(CC)CC.[Cl-].[OH-]. The Morgan fingerprint density at radius 2 is 0.500 bits per heavy atom. The predicted octanol–water partition coefficient (Wildman–Crippen LogP) is 0.593. The van der Waals surface area contributed by atoms with Crippen molar-refractivity contribution in [1.29, 1.82) is 0 Å². The molecule has 0 aliphatic heterocycles. The Morgan fingerprint density at radius 3 is 0.500 bits per heavy atom. The van der Waals surface area contributed by atoms with Crippen LogP contribution in [0.25, 0.3) is 0 Å². The summed E-state index contributed by atoms with van der Waals surface area (Å²) in [6.07, 6.45) is 0. The third kappa shape index (κ3) is 9.17. The van der Waals surface area contributed by atoms with Crippen LogP contribution in [0.2, 0.25) is 0 Å². The van der Waals surface area contributed by atoms with E-state index in [-0.39, 0.29) is 17.9 Å². The molecule has 0 rings (SSSR count). The van der Waals surface area contributed by atoms with Gasteiger partial charge >= 0.3 is 0 Å². The number of hydrogen-bond acceptors (Lipinski definition) is 1. The van der Waals surface area contributed by atoms with E-state index in [0.29, 0.717) is 0 Å². The lowest BCUT2D eigenvalue weighted by Crippen LogP contribution is -3.00. The first kappa shape index (κ1) is 28.3. The van der Waals surface area contributed by atoms with Crippen LogP contribution in [0, 0.1) is 0 Å². The van der Waals surface area contributed by atoms with Gasteiger partial charge in [-0.2, -0.15) is 0 Å². The number of hydrogen-bond donors (Lipinski definition) is 0. The summed E-state index contributed by atoms with van der Waals surface area (Å²) in [6.45, 7) is 28.4. The van der Waals surface area contributed by atoms with Crippen LogP contribution in [0.4, 0.5) is 0 Å². The fourth-order valence-electron chi connectivity index (χ4n) is 2.68. The van der Waals surface area contributed by atoms with Gasteiger partial charge in [-0.1, -0.05) is 0 Å². The van der Waals surface area contributed by atoms with Gasteiger partial charge in [-0.15, -0.1) is 0 Å². The molecule has 0 amide bonds. The molecule has 1 N–H and O–H groups in total. The monoisotopic (exact) mass is 312 g/mol. The number of nitrogens with zero attached hydrogens (tertiary/aromatic N) is 2. The van der Waals surface area contributed by atoms with E-state index in [2.05, 4.69) is 55.4 Å². The van der Waals surface area contributed by atoms with E-state index in [1.165, 1.54) is 61.3 Å². The average Bonchev–Trinajstić information content (AvgIpc) is 2.46. The van der Waals surface area contributed by atoms with Crippen LogP contribution in [0.3, 0.4) is 0 Å². The highest BCUT2D eigenvalue weighted by molar-refractivity contribution is 4.31. The standard InChI is InChI=1S/2C8H20N.ClH.H2O/c2*1-5-9(6-2,7-3)8-4;;/h2*5-8H2,1-4H3;1H;1H2/q2*+1;;/p-2. The summed E-state index contributed by atoms with van der Waals surface area (Å²) >= 11 is 0. The maximum Gasteiger partial charge on any atom is 0.0757 e. The summed E-state index contributed by atoms with van der Waals surface area (Å²) in [5.41, 5.74) is 0. The number of rotatable bonds is 8. The van der Waals surface area contributed by atoms with E-state index < -0.39 is 0 Å². The Kier molecular flexibility index (Phi) is 22.1. The molecular weight excluding hydrogens is 272 g/mol. The van der Waals surface area contributed by atoms with Crippen LogP contribution in [0.1, 0.15) is 55.4 Å². The lowest BCUT2D eigenvalue weighted by Gasteiger charge is -2.34. The molecule has 0 aliphatic rings. The van der Waals surface area contributed by atoms with Crippen LogP contribution in [-0.2, 0) is 0 Å². The van der Waals surface area contributed by atoms with E-state index in [0.717, 1.165) is 0 Å². The Bertz CT molecular complexity index is 126. The van der Waals surface area contributed by atoms with Crippen molar-refractivity contribution in [2.45, 2.75) is 55.4 Å². The Hall–Kier alpha value is 0.170. The third-order valence-electron chi connectivity index (χ3n) is 5.37. The summed E-state index contributed by atoms with van der Waals surface area (Å²) in [4.78, 5) is 0. The second kappa shape index (κ2) is 15.6. The molecule has 0 heterocycles. The van der Waals surface area contributed by atoms with Crippen molar-refractivity contribution < 1.29 is 26.8 Å². The summed E-state index contributed by atoms with van der Waals surface area (Å²) < 4.78 is 2.56. The largest absolute Gasteiger partial charge is 1.00 e. The first-order valence-corrected chi connectivity index (χ1v) is 8.19. The molecule has 0 unspecified atom stereocenters. The highest BCUT2D eigenvalue weighted by atomic mass is 35.5. The molecule has 0 atom stereocenters. The maximum atomic E-state index is 2.27. The van der Waals surface area contributed by atoms with Crippen LogP contribution in [0.15, 0.2) is 0 Å². The smallest absolute Gasteiger partial charge is 0.0757 e. The molecule has 128 valence electrons. The molecule has 0 radical (unpaired) electrons. The fourth-order valence-corrected chi connectivity index (χ4v) is 2.68. The van der Waals surface area contributed by atoms with Crippen LogP contribution >= 0.6 is 0 Å². The minimum atomic E-state index is 0. The van der Waals surface area contributed by atoms with Gasteiger partial charge in [0.15, 0.2) is 0 Å². The molecule has 20 heavy (non-hydrogen) atoms. The molecular formula is C16H41ClN2O. The second-order valence-corrected chi connectivity index (χ2v) is 5.21. The molecule has 0 aromatic heterocycles. The van der Waals surface area contributed by atoms with Gasteiger partial charge in [-0.25, -0.2) is 0 Å². The average molecular weight is 313 g/mol. The van der Waals surface area contributed by atoms with Crippen molar-refractivity contribution in [3.05, 3.63) is 0 Å². The van der Waals surface area contributed by atoms with Gasteiger partial charge in [0.25, 0.3) is 0 Å². The molecule has 0 aromatic carbocycles. The van der Waals surface area contributed by atoms with Crippen molar-refractivity contribution in [3.8, 4) is 0 Å². The molecule has 0 saturated carbocycles. The van der Waals surface area contributed by atoms with E-state index in [1.54, 1.807) is 0 Å². The van der Waals surface area contributed by atoms with Crippen molar-refractivity contribution in [3.63, 3.8) is 0 Å². The number of quaternary nitrogens is 2. The van der Waals surface area contributed by atoms with Gasteiger partial charge in [0, 0.05) is 0 Å². The highest BCUT2D eigenvalue weighted by Crippen LogP contribution is 2.03. The topological polar surface area (TPSA) is 30.0 Å². The molecule has 0 aliphatic carbocycles. The normalized spacial score (nSPS) is 10.8. The minimum Gasteiger partial charge on any atom is -1.00 e. The Balaban J connectivity index is -0.000000116. The van der Waals surface area contributed by atoms with E-state index >= 15 is 0 Å². The van der Waals surface area contributed by atoms with Gasteiger partial charge in [0.2, 0.25) is 0 Å². The van der Waals surface area contributed by atoms with Crippen molar-refractivity contribution in [2.75, 3.05) is 52.4 Å². The van der Waals surface area contributed by atoms with Crippen molar-refractivity contribution in [1.82, 2.24) is 0 Å². The zero-order chi connectivity index (χ0) is 14.7. The predicted molar refractivity (Wildman–Crippen MR) is 86.8 cm³/mol. The van der Waals surface area contributed by atoms with Gasteiger partial charge in [0.1, 0.15) is 0 Å². The first-order chi connectivity index (χ1) is 8.49. The Morgan fingerprint density at radius 1 is 0.400 bits per heavy atom. The molecule has 3 nitrogen and oxygen atoms in total. The zero-order valence-electron chi connectivity index (χ0n) is 15.4. The molecule has 0 aromatic rings. The zero-order valence-corrected chi connectivity index (χ0v) is 16.1. The summed E-state index contributed by atoms with van der Waals surface area (Å²) in [5, 5.41) is 0. The fraction of sp³-hybridized carbons (Fsp3) is 1.00. The van der Waals surface area contributed by atoms with Crippen molar-refractivity contribution >= 4 is 0 Å². The van der Waals surface area contributed by atoms with E-state index in [1.807, 2.05) is 0 Å². The quantitative estimate of drug-likeness (QED) is 0.603. The van der Waals surface area contributed by atoms with Crippen LogP contribution < -0.4 is 12.4 Å². The van der Waals surface area contributed by atoms with Crippen molar-refractivity contribution in [2.24, 2.45) is 0 Å². The van der Waals surface area contributed by atoms with E-state index in [9.17, 15) is 0 Å². The molecule has 0 spiro atoms. The molecule has 0 bridgehead atoms. The van der Waals surface area contributed by atoms with Crippen LogP contribution in [-0.4, -0.2) is 66.8 Å². The second-order valence-electron chi connectivity index (χ2n) is 5.21. The van der Waals surface area contributed by atoms with Gasteiger partial charge in [-0.3, -0.25) is 0 Å². The van der Waals surface area contributed by atoms with Gasteiger partial charge < -0.3 is 26.8 Å². The number of halogens is 1. The Labute approximate surface area is 135 Å². The summed E-state index contributed by atoms with van der Waals surface area (Å²) in [5.74, 6) is 0. The lowest BCUT2D eigenvalue weighted by molar-refractivity contribution is -0.921. The summed E-state index contributed by atoms with van der Waals surface area (Å²) in [6, 6.07) is 0. The maximum absolute atomic E-state index is 2.27. The molecule has 0 fully saturated rings. The lowest BCUT2D eigenvalue weighted by atomic mass is 10.3. The van der Waals surface area contributed by atoms with Crippen LogP contribution in [0.5, 0.6) is 0 Å². The summed E-state index contributed by atoms with van der Waals surface area (Å²) in [7, 11) is 0. The highest BCUT2D eigenvalue weighted by Gasteiger charge is 2.16. The van der Waals surface area contributed by atoms with E-state index in [4.69, 9.17) is 0 Å². The molecule has 0 saturated heterocycles. The van der Waals surface area contributed by atoms with Gasteiger partial charge in [0.05, 0.1) is 52.4 Å². The molecule has 4 heteroatoms.